The van der Waals surface area contributed by atoms with Crippen LogP contribution in [0, 0.1) is 18.8 Å². The van der Waals surface area contributed by atoms with Crippen molar-refractivity contribution < 1.29 is 4.52 Å². The molecule has 0 aliphatic heterocycles. The van der Waals surface area contributed by atoms with E-state index < -0.39 is 0 Å². The summed E-state index contributed by atoms with van der Waals surface area (Å²) >= 11 is 0. The maximum absolute atomic E-state index is 6.33. The molecule has 4 rings (SSSR count). The standard InChI is InChI=1S/C15H18N4O/c1-8-3-2-6-17-13(8)14-18-15(20-19-14)11-9-4-5-10(7-9)12(11)16/h2-3,6,9-12H,4-5,7,16H2,1H3. The Balaban J connectivity index is 1.68. The maximum Gasteiger partial charge on any atom is 0.231 e. The number of fused-ring (bicyclic) bond motifs is 2. The van der Waals surface area contributed by atoms with E-state index in [-0.39, 0.29) is 12.0 Å². The van der Waals surface area contributed by atoms with Gasteiger partial charge in [0.05, 0.1) is 5.92 Å². The van der Waals surface area contributed by atoms with Gasteiger partial charge >= 0.3 is 0 Å². The highest BCUT2D eigenvalue weighted by atomic mass is 16.5. The Kier molecular flexibility index (Phi) is 2.63. The summed E-state index contributed by atoms with van der Waals surface area (Å²) in [7, 11) is 0. The van der Waals surface area contributed by atoms with E-state index in [0.29, 0.717) is 23.6 Å². The van der Waals surface area contributed by atoms with Crippen molar-refractivity contribution in [1.29, 1.82) is 0 Å². The second kappa shape index (κ2) is 4.38. The third-order valence-electron chi connectivity index (χ3n) is 4.93. The van der Waals surface area contributed by atoms with E-state index in [4.69, 9.17) is 10.3 Å². The van der Waals surface area contributed by atoms with Crippen LogP contribution < -0.4 is 5.73 Å². The summed E-state index contributed by atoms with van der Waals surface area (Å²) < 4.78 is 5.50. The monoisotopic (exact) mass is 270 g/mol. The summed E-state index contributed by atoms with van der Waals surface area (Å²) in [4.78, 5) is 8.91. The molecule has 104 valence electrons. The first kappa shape index (κ1) is 12.0. The summed E-state index contributed by atoms with van der Waals surface area (Å²) in [5, 5.41) is 4.11. The van der Waals surface area contributed by atoms with Crippen LogP contribution in [0.4, 0.5) is 0 Å². The van der Waals surface area contributed by atoms with Gasteiger partial charge in [0, 0.05) is 12.2 Å². The largest absolute Gasteiger partial charge is 0.339 e. The molecule has 0 amide bonds. The molecule has 2 bridgehead atoms. The van der Waals surface area contributed by atoms with E-state index in [0.717, 1.165) is 11.3 Å². The first-order valence-electron chi connectivity index (χ1n) is 7.25. The molecule has 2 aromatic heterocycles. The van der Waals surface area contributed by atoms with E-state index in [1.807, 2.05) is 19.1 Å². The number of aryl methyl sites for hydroxylation is 1. The highest BCUT2D eigenvalue weighted by Gasteiger charge is 2.48. The molecule has 2 aromatic rings. The minimum absolute atomic E-state index is 0.173. The van der Waals surface area contributed by atoms with Crippen molar-refractivity contribution in [2.45, 2.75) is 38.1 Å². The van der Waals surface area contributed by atoms with Crippen LogP contribution in [0.1, 0.15) is 36.6 Å². The van der Waals surface area contributed by atoms with Gasteiger partial charge in [-0.3, -0.25) is 4.98 Å². The lowest BCUT2D eigenvalue weighted by Gasteiger charge is -2.24. The number of aromatic nitrogens is 3. The quantitative estimate of drug-likeness (QED) is 0.905. The molecule has 0 spiro atoms. The highest BCUT2D eigenvalue weighted by Crippen LogP contribution is 2.51. The zero-order valence-electron chi connectivity index (χ0n) is 11.5. The van der Waals surface area contributed by atoms with Crippen LogP contribution in [0.2, 0.25) is 0 Å². The first-order chi connectivity index (χ1) is 9.74. The molecule has 2 aliphatic carbocycles. The van der Waals surface area contributed by atoms with Crippen LogP contribution in [0.5, 0.6) is 0 Å². The van der Waals surface area contributed by atoms with Gasteiger partial charge in [-0.2, -0.15) is 4.98 Å². The van der Waals surface area contributed by atoms with E-state index >= 15 is 0 Å². The second-order valence-corrected chi connectivity index (χ2v) is 6.06. The van der Waals surface area contributed by atoms with Crippen molar-refractivity contribution in [1.82, 2.24) is 15.1 Å². The molecular formula is C15H18N4O. The maximum atomic E-state index is 6.33. The Morgan fingerprint density at radius 1 is 1.30 bits per heavy atom. The lowest BCUT2D eigenvalue weighted by molar-refractivity contribution is 0.279. The molecule has 2 fully saturated rings. The van der Waals surface area contributed by atoms with Crippen molar-refractivity contribution in [2.75, 3.05) is 0 Å². The fraction of sp³-hybridized carbons (Fsp3) is 0.533. The van der Waals surface area contributed by atoms with Gasteiger partial charge in [0.15, 0.2) is 0 Å². The van der Waals surface area contributed by atoms with Gasteiger partial charge in [0.1, 0.15) is 5.69 Å². The molecule has 2 N–H and O–H groups in total. The lowest BCUT2D eigenvalue weighted by Crippen LogP contribution is -2.34. The van der Waals surface area contributed by atoms with Gasteiger partial charge in [-0.15, -0.1) is 0 Å². The van der Waals surface area contributed by atoms with Gasteiger partial charge in [0.2, 0.25) is 11.7 Å². The topological polar surface area (TPSA) is 77.8 Å². The molecule has 2 heterocycles. The van der Waals surface area contributed by atoms with Crippen molar-refractivity contribution in [3.8, 4) is 11.5 Å². The minimum atomic E-state index is 0.173. The van der Waals surface area contributed by atoms with Crippen LogP contribution in [0.15, 0.2) is 22.9 Å². The van der Waals surface area contributed by atoms with Crippen LogP contribution in [-0.2, 0) is 0 Å². The second-order valence-electron chi connectivity index (χ2n) is 6.06. The third-order valence-corrected chi connectivity index (χ3v) is 4.93. The summed E-state index contributed by atoms with van der Waals surface area (Å²) in [6.07, 6.45) is 5.46. The molecular weight excluding hydrogens is 252 g/mol. The SMILES string of the molecule is Cc1cccnc1-c1noc(C2C3CCC(C3)C2N)n1. The van der Waals surface area contributed by atoms with E-state index in [1.54, 1.807) is 6.20 Å². The zero-order chi connectivity index (χ0) is 13.7. The highest BCUT2D eigenvalue weighted by molar-refractivity contribution is 5.53. The zero-order valence-corrected chi connectivity index (χ0v) is 11.5. The van der Waals surface area contributed by atoms with Crippen molar-refractivity contribution in [2.24, 2.45) is 17.6 Å². The van der Waals surface area contributed by atoms with Gasteiger partial charge in [-0.1, -0.05) is 11.2 Å². The number of nitrogens with zero attached hydrogens (tertiary/aromatic N) is 3. The van der Waals surface area contributed by atoms with Crippen LogP contribution >= 0.6 is 0 Å². The molecule has 4 unspecified atom stereocenters. The fourth-order valence-electron chi connectivity index (χ4n) is 3.89. The van der Waals surface area contributed by atoms with Crippen LogP contribution in [-0.4, -0.2) is 21.2 Å². The summed E-state index contributed by atoms with van der Waals surface area (Å²) in [5.74, 6) is 2.77. The number of hydrogen-bond acceptors (Lipinski definition) is 5. The average molecular weight is 270 g/mol. The number of rotatable bonds is 2. The molecule has 20 heavy (non-hydrogen) atoms. The van der Waals surface area contributed by atoms with Gasteiger partial charge in [-0.25, -0.2) is 0 Å². The minimum Gasteiger partial charge on any atom is -0.339 e. The Morgan fingerprint density at radius 2 is 2.15 bits per heavy atom. The van der Waals surface area contributed by atoms with Crippen LogP contribution in [0.3, 0.4) is 0 Å². The summed E-state index contributed by atoms with van der Waals surface area (Å²) in [6, 6.07) is 4.08. The predicted octanol–water partition coefficient (Wildman–Crippen LogP) is 2.28. The Labute approximate surface area is 117 Å². The van der Waals surface area contributed by atoms with E-state index in [1.165, 1.54) is 19.3 Å². The average Bonchev–Trinajstić information content (AvgIpc) is 3.14. The van der Waals surface area contributed by atoms with E-state index in [9.17, 15) is 0 Å². The summed E-state index contributed by atoms with van der Waals surface area (Å²) in [5.41, 5.74) is 8.17. The molecule has 2 saturated carbocycles. The molecule has 5 heteroatoms. The number of hydrogen-bond donors (Lipinski definition) is 1. The van der Waals surface area contributed by atoms with Crippen molar-refractivity contribution in [3.05, 3.63) is 29.8 Å². The normalized spacial score (nSPS) is 31.9. The Morgan fingerprint density at radius 3 is 2.90 bits per heavy atom. The van der Waals surface area contributed by atoms with E-state index in [2.05, 4.69) is 15.1 Å². The molecule has 5 nitrogen and oxygen atoms in total. The Hall–Kier alpha value is -1.75. The molecule has 4 atom stereocenters. The smallest absolute Gasteiger partial charge is 0.231 e. The van der Waals surface area contributed by atoms with Gasteiger partial charge < -0.3 is 10.3 Å². The predicted molar refractivity (Wildman–Crippen MR) is 73.8 cm³/mol. The molecule has 2 aliphatic rings. The van der Waals surface area contributed by atoms with Gasteiger partial charge in [0.25, 0.3) is 0 Å². The van der Waals surface area contributed by atoms with Gasteiger partial charge in [-0.05, 0) is 49.7 Å². The first-order valence-corrected chi connectivity index (χ1v) is 7.25. The number of pyridine rings is 1. The van der Waals surface area contributed by atoms with Crippen molar-refractivity contribution in [3.63, 3.8) is 0 Å². The number of nitrogens with two attached hydrogens (primary N) is 1. The Bertz CT molecular complexity index is 636. The lowest BCUT2D eigenvalue weighted by atomic mass is 9.85. The third kappa shape index (κ3) is 1.69. The molecule has 0 aromatic carbocycles. The molecule has 0 radical (unpaired) electrons. The molecule has 0 saturated heterocycles. The summed E-state index contributed by atoms with van der Waals surface area (Å²) in [6.45, 7) is 2.00. The van der Waals surface area contributed by atoms with Crippen molar-refractivity contribution >= 4 is 0 Å². The fourth-order valence-corrected chi connectivity index (χ4v) is 3.89. The van der Waals surface area contributed by atoms with Crippen LogP contribution in [0.25, 0.3) is 11.5 Å².